The lowest BCUT2D eigenvalue weighted by Crippen LogP contribution is -2.22. The van der Waals surface area contributed by atoms with Crippen LogP contribution in [0.2, 0.25) is 0 Å². The first-order chi connectivity index (χ1) is 7.36. The van der Waals surface area contributed by atoms with Crippen LogP contribution >= 0.6 is 0 Å². The molecule has 0 aliphatic heterocycles. The van der Waals surface area contributed by atoms with Gasteiger partial charge in [0.15, 0.2) is 0 Å². The summed E-state index contributed by atoms with van der Waals surface area (Å²) in [5, 5.41) is 21.0. The fourth-order valence-corrected chi connectivity index (χ4v) is 2.21. The zero-order valence-electron chi connectivity index (χ0n) is 8.53. The maximum atomic E-state index is 8.95. The molecule has 1 aliphatic rings. The lowest BCUT2D eigenvalue weighted by atomic mass is 10.0. The first kappa shape index (κ1) is 10.2. The van der Waals surface area contributed by atoms with Gasteiger partial charge >= 0.3 is 0 Å². The predicted octanol–water partition coefficient (Wildman–Crippen LogP) is 1.13. The van der Waals surface area contributed by atoms with E-state index in [2.05, 4.69) is 17.5 Å². The van der Waals surface area contributed by atoms with Crippen molar-refractivity contribution in [2.45, 2.75) is 18.9 Å². The van der Waals surface area contributed by atoms with Gasteiger partial charge in [-0.2, -0.15) is 5.26 Å². The Hall–Kier alpha value is -1.37. The Kier molecular flexibility index (Phi) is 3.00. The van der Waals surface area contributed by atoms with Crippen LogP contribution in [0.1, 0.15) is 29.2 Å². The number of aliphatic hydroxyl groups excluding tert-OH is 1. The molecule has 0 fully saturated rings. The summed E-state index contributed by atoms with van der Waals surface area (Å²) < 4.78 is 0. The summed E-state index contributed by atoms with van der Waals surface area (Å²) in [4.78, 5) is 0. The molecule has 2 N–H and O–H groups in total. The average molecular weight is 202 g/mol. The van der Waals surface area contributed by atoms with Crippen LogP contribution in [0.25, 0.3) is 0 Å². The van der Waals surface area contributed by atoms with Crippen molar-refractivity contribution in [3.63, 3.8) is 0 Å². The van der Waals surface area contributed by atoms with Gasteiger partial charge in [0, 0.05) is 12.6 Å². The summed E-state index contributed by atoms with van der Waals surface area (Å²) in [5.74, 6) is 0. The standard InChI is InChI=1S/C12H14N2O/c13-8-9-2-1-3-11-10(9)4-5-12(11)14-6-7-15/h1-3,12,14-15H,4-7H2. The van der Waals surface area contributed by atoms with Crippen molar-refractivity contribution < 1.29 is 5.11 Å². The summed E-state index contributed by atoms with van der Waals surface area (Å²) in [6.07, 6.45) is 1.98. The van der Waals surface area contributed by atoms with Crippen LogP contribution in [0, 0.1) is 11.3 Å². The van der Waals surface area contributed by atoms with Gasteiger partial charge in [-0.05, 0) is 30.0 Å². The minimum atomic E-state index is 0.157. The second kappa shape index (κ2) is 4.43. The monoisotopic (exact) mass is 202 g/mol. The van der Waals surface area contributed by atoms with Gasteiger partial charge in [0.1, 0.15) is 0 Å². The van der Waals surface area contributed by atoms with Crippen LogP contribution in [0.4, 0.5) is 0 Å². The van der Waals surface area contributed by atoms with E-state index >= 15 is 0 Å². The van der Waals surface area contributed by atoms with Gasteiger partial charge in [-0.3, -0.25) is 0 Å². The Balaban J connectivity index is 2.24. The highest BCUT2D eigenvalue weighted by Crippen LogP contribution is 2.32. The number of rotatable bonds is 3. The quantitative estimate of drug-likeness (QED) is 0.772. The van der Waals surface area contributed by atoms with Gasteiger partial charge < -0.3 is 10.4 Å². The maximum absolute atomic E-state index is 8.95. The van der Waals surface area contributed by atoms with E-state index in [0.29, 0.717) is 12.6 Å². The smallest absolute Gasteiger partial charge is 0.0994 e. The molecule has 2 rings (SSSR count). The van der Waals surface area contributed by atoms with E-state index in [1.165, 1.54) is 11.1 Å². The number of aliphatic hydroxyl groups is 1. The molecule has 0 saturated carbocycles. The van der Waals surface area contributed by atoms with Gasteiger partial charge in [0.2, 0.25) is 0 Å². The third-order valence-electron chi connectivity index (χ3n) is 2.89. The Morgan fingerprint density at radius 1 is 1.53 bits per heavy atom. The normalized spacial score (nSPS) is 18.5. The first-order valence-corrected chi connectivity index (χ1v) is 5.23. The van der Waals surface area contributed by atoms with E-state index in [-0.39, 0.29) is 6.61 Å². The Bertz CT molecular complexity index is 395. The summed E-state index contributed by atoms with van der Waals surface area (Å²) >= 11 is 0. The SMILES string of the molecule is N#Cc1cccc2c1CCC2NCCO. The van der Waals surface area contributed by atoms with E-state index in [4.69, 9.17) is 10.4 Å². The minimum absolute atomic E-state index is 0.157. The van der Waals surface area contributed by atoms with Crippen molar-refractivity contribution in [2.75, 3.05) is 13.2 Å². The summed E-state index contributed by atoms with van der Waals surface area (Å²) in [6.45, 7) is 0.769. The highest BCUT2D eigenvalue weighted by Gasteiger charge is 2.23. The van der Waals surface area contributed by atoms with Gasteiger partial charge in [0.25, 0.3) is 0 Å². The Morgan fingerprint density at radius 3 is 3.13 bits per heavy atom. The molecular formula is C12H14N2O. The van der Waals surface area contributed by atoms with Gasteiger partial charge in [0.05, 0.1) is 18.2 Å². The maximum Gasteiger partial charge on any atom is 0.0994 e. The molecule has 1 aromatic rings. The van der Waals surface area contributed by atoms with Crippen LogP contribution < -0.4 is 5.32 Å². The van der Waals surface area contributed by atoms with Crippen molar-refractivity contribution in [3.8, 4) is 6.07 Å². The molecule has 0 aromatic heterocycles. The van der Waals surface area contributed by atoms with E-state index in [1.807, 2.05) is 12.1 Å². The molecule has 0 heterocycles. The number of nitrogens with zero attached hydrogens (tertiary/aromatic N) is 1. The number of benzene rings is 1. The molecule has 3 heteroatoms. The number of nitriles is 1. The minimum Gasteiger partial charge on any atom is -0.395 e. The molecule has 1 unspecified atom stereocenters. The van der Waals surface area contributed by atoms with E-state index in [9.17, 15) is 0 Å². The van der Waals surface area contributed by atoms with Gasteiger partial charge in [-0.25, -0.2) is 0 Å². The molecule has 15 heavy (non-hydrogen) atoms. The van der Waals surface area contributed by atoms with Gasteiger partial charge in [-0.1, -0.05) is 12.1 Å². The molecule has 1 aliphatic carbocycles. The van der Waals surface area contributed by atoms with Crippen LogP contribution in [-0.4, -0.2) is 18.3 Å². The number of nitrogens with one attached hydrogen (secondary N) is 1. The van der Waals surface area contributed by atoms with E-state index in [0.717, 1.165) is 18.4 Å². The molecule has 0 amide bonds. The number of fused-ring (bicyclic) bond motifs is 1. The third kappa shape index (κ3) is 1.87. The van der Waals surface area contributed by atoms with Gasteiger partial charge in [-0.15, -0.1) is 0 Å². The average Bonchev–Trinajstić information content (AvgIpc) is 2.69. The van der Waals surface area contributed by atoms with Crippen LogP contribution in [0.3, 0.4) is 0 Å². The van der Waals surface area contributed by atoms with E-state index < -0.39 is 0 Å². The second-order valence-corrected chi connectivity index (χ2v) is 3.75. The third-order valence-corrected chi connectivity index (χ3v) is 2.89. The Labute approximate surface area is 89.4 Å². The molecule has 3 nitrogen and oxygen atoms in total. The van der Waals surface area contributed by atoms with Crippen molar-refractivity contribution in [1.82, 2.24) is 5.32 Å². The van der Waals surface area contributed by atoms with Crippen LogP contribution in [0.15, 0.2) is 18.2 Å². The lowest BCUT2D eigenvalue weighted by molar-refractivity contribution is 0.284. The first-order valence-electron chi connectivity index (χ1n) is 5.23. The topological polar surface area (TPSA) is 56.0 Å². The van der Waals surface area contributed by atoms with Crippen molar-refractivity contribution in [2.24, 2.45) is 0 Å². The van der Waals surface area contributed by atoms with Crippen LogP contribution in [-0.2, 0) is 6.42 Å². The molecule has 78 valence electrons. The lowest BCUT2D eigenvalue weighted by Gasteiger charge is -2.12. The summed E-state index contributed by atoms with van der Waals surface area (Å²) in [6, 6.07) is 8.40. The molecule has 0 bridgehead atoms. The predicted molar refractivity (Wildman–Crippen MR) is 57.3 cm³/mol. The molecule has 0 saturated heterocycles. The number of hydrogen-bond acceptors (Lipinski definition) is 3. The summed E-state index contributed by atoms with van der Waals surface area (Å²) in [5.41, 5.74) is 3.19. The molecule has 0 radical (unpaired) electrons. The summed E-state index contributed by atoms with van der Waals surface area (Å²) in [7, 11) is 0. The van der Waals surface area contributed by atoms with Crippen molar-refractivity contribution in [3.05, 3.63) is 34.9 Å². The fraction of sp³-hybridized carbons (Fsp3) is 0.417. The molecule has 1 aromatic carbocycles. The molecular weight excluding hydrogens is 188 g/mol. The van der Waals surface area contributed by atoms with Crippen LogP contribution in [0.5, 0.6) is 0 Å². The van der Waals surface area contributed by atoms with E-state index in [1.54, 1.807) is 0 Å². The molecule has 1 atom stereocenters. The zero-order valence-corrected chi connectivity index (χ0v) is 8.53. The highest BCUT2D eigenvalue weighted by atomic mass is 16.3. The largest absolute Gasteiger partial charge is 0.395 e. The zero-order chi connectivity index (χ0) is 10.7. The second-order valence-electron chi connectivity index (χ2n) is 3.75. The number of hydrogen-bond donors (Lipinski definition) is 2. The highest BCUT2D eigenvalue weighted by molar-refractivity contribution is 5.46. The van der Waals surface area contributed by atoms with Crippen molar-refractivity contribution in [1.29, 1.82) is 5.26 Å². The molecule has 0 spiro atoms. The fourth-order valence-electron chi connectivity index (χ4n) is 2.21. The van der Waals surface area contributed by atoms with Crippen molar-refractivity contribution >= 4 is 0 Å². The Morgan fingerprint density at radius 2 is 2.40 bits per heavy atom.